The Labute approximate surface area is 126 Å². The van der Waals surface area contributed by atoms with Gasteiger partial charge in [0.25, 0.3) is 5.91 Å². The molecule has 1 N–H and O–H groups in total. The third kappa shape index (κ3) is 1.81. The van der Waals surface area contributed by atoms with Crippen molar-refractivity contribution in [3.63, 3.8) is 0 Å². The Morgan fingerprint density at radius 1 is 1.53 bits per heavy atom. The van der Waals surface area contributed by atoms with Crippen LogP contribution >= 0.6 is 27.3 Å². The molecule has 0 aliphatic heterocycles. The van der Waals surface area contributed by atoms with Crippen molar-refractivity contribution in [1.29, 1.82) is 0 Å². The lowest BCUT2D eigenvalue weighted by molar-refractivity contribution is 0.0829. The first-order valence-electron chi connectivity index (χ1n) is 6.76. The summed E-state index contributed by atoms with van der Waals surface area (Å²) in [7, 11) is 0. The van der Waals surface area contributed by atoms with Crippen molar-refractivity contribution in [1.82, 2.24) is 10.3 Å². The Bertz CT molecular complexity index is 527. The van der Waals surface area contributed by atoms with Crippen LogP contribution in [0.1, 0.15) is 49.7 Å². The van der Waals surface area contributed by atoms with Gasteiger partial charge in [0.05, 0.1) is 5.51 Å². The lowest BCUT2D eigenvalue weighted by Crippen LogP contribution is -2.46. The molecule has 1 amide bonds. The van der Waals surface area contributed by atoms with Crippen molar-refractivity contribution in [3.05, 3.63) is 15.0 Å². The molecule has 0 aromatic carbocycles. The van der Waals surface area contributed by atoms with Gasteiger partial charge in [-0.15, -0.1) is 11.3 Å². The molecule has 0 spiro atoms. The number of nitrogens with one attached hydrogen (secondary N) is 1. The van der Waals surface area contributed by atoms with Crippen LogP contribution in [0.4, 0.5) is 0 Å². The number of rotatable bonds is 2. The van der Waals surface area contributed by atoms with Gasteiger partial charge in [0.2, 0.25) is 0 Å². The highest BCUT2D eigenvalue weighted by molar-refractivity contribution is 9.10. The molecule has 5 heteroatoms. The number of amides is 1. The Morgan fingerprint density at radius 2 is 2.26 bits per heavy atom. The van der Waals surface area contributed by atoms with Crippen LogP contribution in [-0.2, 0) is 0 Å². The summed E-state index contributed by atoms with van der Waals surface area (Å²) in [5.74, 6) is 0.761. The number of hydrogen-bond acceptors (Lipinski definition) is 3. The van der Waals surface area contributed by atoms with E-state index in [0.717, 1.165) is 12.3 Å². The van der Waals surface area contributed by atoms with E-state index < -0.39 is 0 Å². The molecule has 1 aromatic rings. The number of halogens is 1. The molecule has 0 radical (unpaired) electrons. The van der Waals surface area contributed by atoms with Crippen LogP contribution < -0.4 is 5.32 Å². The molecule has 0 unspecified atom stereocenters. The lowest BCUT2D eigenvalue weighted by Gasteiger charge is -2.39. The average Bonchev–Trinajstić information content (AvgIpc) is 2.90. The summed E-state index contributed by atoms with van der Waals surface area (Å²) in [5, 5.41) is 3.25. The molecule has 3 nitrogen and oxygen atoms in total. The van der Waals surface area contributed by atoms with Crippen molar-refractivity contribution in [2.24, 2.45) is 16.7 Å². The monoisotopic (exact) mass is 342 g/mol. The van der Waals surface area contributed by atoms with Crippen LogP contribution in [0.5, 0.6) is 0 Å². The Morgan fingerprint density at radius 3 is 2.74 bits per heavy atom. The largest absolute Gasteiger partial charge is 0.348 e. The van der Waals surface area contributed by atoms with Gasteiger partial charge in [-0.2, -0.15) is 0 Å². The number of nitrogens with zero attached hydrogens (tertiary/aromatic N) is 1. The van der Waals surface area contributed by atoms with E-state index in [0.29, 0.717) is 20.9 Å². The normalized spacial score (nSPS) is 35.6. The highest BCUT2D eigenvalue weighted by Gasteiger charge is 2.61. The predicted molar refractivity (Wildman–Crippen MR) is 80.3 cm³/mol. The maximum absolute atomic E-state index is 12.3. The van der Waals surface area contributed by atoms with Crippen LogP contribution in [0.3, 0.4) is 0 Å². The summed E-state index contributed by atoms with van der Waals surface area (Å²) in [6.07, 6.45) is 3.64. The number of thiazole rings is 1. The van der Waals surface area contributed by atoms with Crippen LogP contribution in [0, 0.1) is 16.7 Å². The molecule has 2 aliphatic rings. The SMILES string of the molecule is CC1(C)[C@H]2CC[C@@]1(C)[C@@H](NC(=O)c1scnc1Br)C2. The van der Waals surface area contributed by atoms with Gasteiger partial charge < -0.3 is 5.32 Å². The van der Waals surface area contributed by atoms with Gasteiger partial charge in [0, 0.05) is 6.04 Å². The van der Waals surface area contributed by atoms with Crippen LogP contribution in [0.25, 0.3) is 0 Å². The van der Waals surface area contributed by atoms with Crippen molar-refractivity contribution in [2.45, 2.75) is 46.1 Å². The van der Waals surface area contributed by atoms with Gasteiger partial charge in [-0.05, 0) is 51.9 Å². The van der Waals surface area contributed by atoms with Crippen molar-refractivity contribution >= 4 is 33.2 Å². The van der Waals surface area contributed by atoms with E-state index in [9.17, 15) is 4.79 Å². The number of carbonyl (C=O) groups excluding carboxylic acids is 1. The van der Waals surface area contributed by atoms with Gasteiger partial charge in [-0.1, -0.05) is 20.8 Å². The Hall–Kier alpha value is -0.420. The van der Waals surface area contributed by atoms with Gasteiger partial charge in [0.1, 0.15) is 9.48 Å². The summed E-state index contributed by atoms with van der Waals surface area (Å²) in [6, 6.07) is 0.294. The number of carbonyl (C=O) groups is 1. The van der Waals surface area contributed by atoms with Crippen molar-refractivity contribution < 1.29 is 4.79 Å². The van der Waals surface area contributed by atoms with E-state index in [1.54, 1.807) is 5.51 Å². The van der Waals surface area contributed by atoms with E-state index in [-0.39, 0.29) is 11.3 Å². The van der Waals surface area contributed by atoms with Gasteiger partial charge in [-0.25, -0.2) is 4.98 Å². The topological polar surface area (TPSA) is 42.0 Å². The van der Waals surface area contributed by atoms with Crippen LogP contribution in [-0.4, -0.2) is 16.9 Å². The van der Waals surface area contributed by atoms with Crippen molar-refractivity contribution in [2.75, 3.05) is 0 Å². The molecule has 2 bridgehead atoms. The highest BCUT2D eigenvalue weighted by Crippen LogP contribution is 2.65. The molecule has 2 aliphatic carbocycles. The first-order chi connectivity index (χ1) is 8.86. The maximum Gasteiger partial charge on any atom is 0.264 e. The number of aromatic nitrogens is 1. The third-order valence-corrected chi connectivity index (χ3v) is 7.52. The second-order valence-corrected chi connectivity index (χ2v) is 8.21. The molecular formula is C14H19BrN2OS. The first-order valence-corrected chi connectivity index (χ1v) is 8.43. The van der Waals surface area contributed by atoms with Gasteiger partial charge in [0.15, 0.2) is 0 Å². The molecule has 3 atom stereocenters. The summed E-state index contributed by atoms with van der Waals surface area (Å²) in [4.78, 5) is 17.1. The summed E-state index contributed by atoms with van der Waals surface area (Å²) >= 11 is 4.72. The molecule has 104 valence electrons. The smallest absolute Gasteiger partial charge is 0.264 e. The molecule has 19 heavy (non-hydrogen) atoms. The molecule has 3 rings (SSSR count). The van der Waals surface area contributed by atoms with Crippen molar-refractivity contribution in [3.8, 4) is 0 Å². The highest BCUT2D eigenvalue weighted by atomic mass is 79.9. The fourth-order valence-corrected chi connectivity index (χ4v) is 5.30. The quantitative estimate of drug-likeness (QED) is 0.886. The predicted octanol–water partition coefficient (Wildman–Crippen LogP) is 3.85. The zero-order chi connectivity index (χ0) is 13.8. The van der Waals surface area contributed by atoms with Gasteiger partial charge in [-0.3, -0.25) is 4.79 Å². The maximum atomic E-state index is 12.3. The summed E-state index contributed by atoms with van der Waals surface area (Å²) in [6.45, 7) is 7.06. The van der Waals surface area contributed by atoms with Crippen LogP contribution in [0.15, 0.2) is 10.1 Å². The fraction of sp³-hybridized carbons (Fsp3) is 0.714. The molecule has 1 heterocycles. The molecular weight excluding hydrogens is 324 g/mol. The zero-order valence-corrected chi connectivity index (χ0v) is 13.9. The van der Waals surface area contributed by atoms with Gasteiger partial charge >= 0.3 is 0 Å². The second-order valence-electron chi connectivity index (χ2n) is 6.61. The van der Waals surface area contributed by atoms with Crippen LogP contribution in [0.2, 0.25) is 0 Å². The van der Waals surface area contributed by atoms with E-state index in [4.69, 9.17) is 0 Å². The first kappa shape index (κ1) is 13.6. The molecule has 2 saturated carbocycles. The minimum Gasteiger partial charge on any atom is -0.348 e. The van der Waals surface area contributed by atoms with E-state index in [2.05, 4.69) is 47.0 Å². The van der Waals surface area contributed by atoms with E-state index in [1.807, 2.05) is 0 Å². The Balaban J connectivity index is 1.79. The number of hydrogen-bond donors (Lipinski definition) is 1. The summed E-state index contributed by atoms with van der Waals surface area (Å²) in [5.41, 5.74) is 2.26. The summed E-state index contributed by atoms with van der Waals surface area (Å²) < 4.78 is 0.655. The van der Waals surface area contributed by atoms with E-state index >= 15 is 0 Å². The molecule has 2 fully saturated rings. The average molecular weight is 343 g/mol. The second kappa shape index (κ2) is 4.29. The zero-order valence-electron chi connectivity index (χ0n) is 11.5. The molecule has 0 saturated heterocycles. The standard InChI is InChI=1S/C14H19BrN2OS/c1-13(2)8-4-5-14(13,3)9(6-8)17-12(18)10-11(15)16-7-19-10/h7-9H,4-6H2,1-3H3,(H,17,18)/t8-,9-,14-/m0/s1. The Kier molecular flexibility index (Phi) is 3.06. The minimum atomic E-state index is 0.0175. The lowest BCUT2D eigenvalue weighted by atomic mass is 9.69. The van der Waals surface area contributed by atoms with E-state index in [1.165, 1.54) is 24.2 Å². The molecule has 1 aromatic heterocycles. The minimum absolute atomic E-state index is 0.0175. The fourth-order valence-electron chi connectivity index (χ4n) is 4.03. The third-order valence-electron chi connectivity index (χ3n) is 5.83. The number of fused-ring (bicyclic) bond motifs is 2.